The molecule has 1 fully saturated rings. The van der Waals surface area contributed by atoms with Crippen molar-refractivity contribution in [2.75, 3.05) is 19.8 Å². The summed E-state index contributed by atoms with van der Waals surface area (Å²) in [6.07, 6.45) is 3.67. The molecule has 7 nitrogen and oxygen atoms in total. The van der Waals surface area contributed by atoms with Crippen LogP contribution in [0.2, 0.25) is 0 Å². The number of nitrogens with two attached hydrogens (primary N) is 1. The summed E-state index contributed by atoms with van der Waals surface area (Å²) in [4.78, 5) is 14.9. The zero-order valence-corrected chi connectivity index (χ0v) is 17.6. The summed E-state index contributed by atoms with van der Waals surface area (Å²) in [5.74, 6) is 1.61. The Labute approximate surface area is 176 Å². The summed E-state index contributed by atoms with van der Waals surface area (Å²) >= 11 is 0. The van der Waals surface area contributed by atoms with Gasteiger partial charge in [-0.15, -0.1) is 0 Å². The molecule has 2 aromatic carbocycles. The predicted molar refractivity (Wildman–Crippen MR) is 112 cm³/mol. The molecule has 2 N–H and O–H groups in total. The highest BCUT2D eigenvalue weighted by atomic mass is 32.2. The molecule has 0 radical (unpaired) electrons. The normalized spacial score (nSPS) is 18.8. The van der Waals surface area contributed by atoms with E-state index < -0.39 is 10.0 Å². The number of benzene rings is 2. The zero-order chi connectivity index (χ0) is 21.1. The number of aryl methyl sites for hydroxylation is 1. The number of carbonyl (C=O) groups is 1. The molecular weight excluding hydrogens is 404 g/mol. The number of amides is 1. The number of rotatable bonds is 5. The molecule has 1 amide bonds. The highest BCUT2D eigenvalue weighted by Gasteiger charge is 2.30. The summed E-state index contributed by atoms with van der Waals surface area (Å²) < 4.78 is 34.2. The van der Waals surface area contributed by atoms with Gasteiger partial charge in [0.05, 0.1) is 24.2 Å². The highest BCUT2D eigenvalue weighted by Crippen LogP contribution is 2.38. The van der Waals surface area contributed by atoms with Gasteiger partial charge in [0.25, 0.3) is 0 Å². The van der Waals surface area contributed by atoms with Crippen molar-refractivity contribution in [2.24, 2.45) is 5.14 Å². The molecule has 30 heavy (non-hydrogen) atoms. The van der Waals surface area contributed by atoms with E-state index in [9.17, 15) is 13.2 Å². The number of sulfonamides is 1. The zero-order valence-electron chi connectivity index (χ0n) is 16.7. The molecule has 1 atom stereocenters. The fraction of sp³-hybridized carbons (Fsp3) is 0.409. The fourth-order valence-corrected chi connectivity index (χ4v) is 4.56. The average Bonchev–Trinajstić information content (AvgIpc) is 3.10. The van der Waals surface area contributed by atoms with Gasteiger partial charge >= 0.3 is 0 Å². The maximum atomic E-state index is 12.9. The second-order valence-corrected chi connectivity index (χ2v) is 9.25. The van der Waals surface area contributed by atoms with Gasteiger partial charge in [-0.2, -0.15) is 0 Å². The minimum atomic E-state index is -3.71. The predicted octanol–water partition coefficient (Wildman–Crippen LogP) is 2.79. The van der Waals surface area contributed by atoms with Crippen LogP contribution in [-0.4, -0.2) is 39.0 Å². The minimum absolute atomic E-state index is 0.0411. The van der Waals surface area contributed by atoms with E-state index >= 15 is 0 Å². The Morgan fingerprint density at radius 2 is 1.77 bits per heavy atom. The lowest BCUT2D eigenvalue weighted by atomic mass is 10.0. The number of nitrogens with zero attached hydrogens (tertiary/aromatic N) is 1. The smallest absolute Gasteiger partial charge is 0.238 e. The lowest BCUT2D eigenvalue weighted by Gasteiger charge is -2.26. The highest BCUT2D eigenvalue weighted by molar-refractivity contribution is 7.89. The first-order valence-electron chi connectivity index (χ1n) is 10.2. The molecule has 2 heterocycles. The van der Waals surface area contributed by atoms with E-state index in [1.54, 1.807) is 12.1 Å². The van der Waals surface area contributed by atoms with Gasteiger partial charge in [-0.3, -0.25) is 4.79 Å². The second kappa shape index (κ2) is 8.65. The van der Waals surface area contributed by atoms with Crippen molar-refractivity contribution in [3.63, 3.8) is 0 Å². The van der Waals surface area contributed by atoms with Gasteiger partial charge in [-0.05, 0) is 54.7 Å². The SMILES string of the molecule is NS(=O)(=O)c1ccc(CCC(=O)N2CCC[C@@H]2c2ccc3c(c2)OCCCO3)cc1. The molecule has 2 aliphatic heterocycles. The van der Waals surface area contributed by atoms with Crippen molar-refractivity contribution in [3.8, 4) is 11.5 Å². The van der Waals surface area contributed by atoms with Gasteiger partial charge < -0.3 is 14.4 Å². The lowest BCUT2D eigenvalue weighted by Crippen LogP contribution is -2.30. The molecule has 0 unspecified atom stereocenters. The van der Waals surface area contributed by atoms with Crippen LogP contribution >= 0.6 is 0 Å². The van der Waals surface area contributed by atoms with Crippen LogP contribution < -0.4 is 14.6 Å². The van der Waals surface area contributed by atoms with Gasteiger partial charge in [0.1, 0.15) is 0 Å². The van der Waals surface area contributed by atoms with Crippen LogP contribution in [0, 0.1) is 0 Å². The van der Waals surface area contributed by atoms with Gasteiger partial charge in [-0.25, -0.2) is 13.6 Å². The van der Waals surface area contributed by atoms with Gasteiger partial charge in [0.15, 0.2) is 11.5 Å². The van der Waals surface area contributed by atoms with Crippen molar-refractivity contribution in [1.82, 2.24) is 4.90 Å². The second-order valence-electron chi connectivity index (χ2n) is 7.69. The summed E-state index contributed by atoms with van der Waals surface area (Å²) in [6, 6.07) is 12.4. The first-order chi connectivity index (χ1) is 14.4. The molecule has 0 spiro atoms. The van der Waals surface area contributed by atoms with E-state index in [0.29, 0.717) is 26.1 Å². The molecule has 0 saturated carbocycles. The van der Waals surface area contributed by atoms with Gasteiger partial charge in [-0.1, -0.05) is 18.2 Å². The number of hydrogen-bond donors (Lipinski definition) is 1. The van der Waals surface area contributed by atoms with Crippen molar-refractivity contribution >= 4 is 15.9 Å². The first kappa shape index (κ1) is 20.7. The van der Waals surface area contributed by atoms with Crippen LogP contribution in [0.3, 0.4) is 0 Å². The fourth-order valence-electron chi connectivity index (χ4n) is 4.04. The third kappa shape index (κ3) is 4.60. The molecule has 4 rings (SSSR count). The number of primary sulfonamides is 1. The van der Waals surface area contributed by atoms with Crippen LogP contribution in [0.15, 0.2) is 47.4 Å². The lowest BCUT2D eigenvalue weighted by molar-refractivity contribution is -0.132. The van der Waals surface area contributed by atoms with Crippen molar-refractivity contribution in [1.29, 1.82) is 0 Å². The first-order valence-corrected chi connectivity index (χ1v) is 11.8. The molecule has 160 valence electrons. The number of hydrogen-bond acceptors (Lipinski definition) is 5. The number of fused-ring (bicyclic) bond motifs is 1. The Bertz CT molecular complexity index is 1020. The molecule has 0 aliphatic carbocycles. The Morgan fingerprint density at radius 1 is 1.03 bits per heavy atom. The molecule has 2 aliphatic rings. The van der Waals surface area contributed by atoms with E-state index in [0.717, 1.165) is 48.4 Å². The Balaban J connectivity index is 1.42. The Morgan fingerprint density at radius 3 is 2.50 bits per heavy atom. The van der Waals surface area contributed by atoms with Crippen LogP contribution in [0.1, 0.15) is 42.9 Å². The third-order valence-electron chi connectivity index (χ3n) is 5.61. The van der Waals surface area contributed by atoms with E-state index in [4.69, 9.17) is 14.6 Å². The van der Waals surface area contributed by atoms with E-state index in [-0.39, 0.29) is 16.8 Å². The molecule has 2 aromatic rings. The maximum absolute atomic E-state index is 12.9. The number of likely N-dealkylation sites (tertiary alicyclic amines) is 1. The largest absolute Gasteiger partial charge is 0.490 e. The molecule has 1 saturated heterocycles. The van der Waals surface area contributed by atoms with Gasteiger partial charge in [0, 0.05) is 19.4 Å². The minimum Gasteiger partial charge on any atom is -0.490 e. The maximum Gasteiger partial charge on any atom is 0.238 e. The number of carbonyl (C=O) groups excluding carboxylic acids is 1. The van der Waals surface area contributed by atoms with Crippen LogP contribution in [-0.2, 0) is 21.2 Å². The summed E-state index contributed by atoms with van der Waals surface area (Å²) in [7, 11) is -3.71. The van der Waals surface area contributed by atoms with Gasteiger partial charge in [0.2, 0.25) is 15.9 Å². The Kier molecular flexibility index (Phi) is 5.97. The standard InChI is InChI=1S/C22H26N2O5S/c23-30(26,27)18-8-4-16(5-9-18)6-11-22(25)24-12-1-3-19(24)17-7-10-20-21(15-17)29-14-2-13-28-20/h4-5,7-10,15,19H,1-3,6,11-14H2,(H2,23,26,27)/t19-/m1/s1. The summed E-state index contributed by atoms with van der Waals surface area (Å²) in [5, 5.41) is 5.13. The van der Waals surface area contributed by atoms with Crippen molar-refractivity contribution in [3.05, 3.63) is 53.6 Å². The quantitative estimate of drug-likeness (QED) is 0.786. The number of ether oxygens (including phenoxy) is 2. The Hall–Kier alpha value is -2.58. The van der Waals surface area contributed by atoms with Crippen molar-refractivity contribution in [2.45, 2.75) is 43.0 Å². The molecule has 0 aromatic heterocycles. The van der Waals surface area contributed by atoms with Crippen LogP contribution in [0.4, 0.5) is 0 Å². The van der Waals surface area contributed by atoms with Crippen LogP contribution in [0.5, 0.6) is 11.5 Å². The van der Waals surface area contributed by atoms with E-state index in [1.165, 1.54) is 12.1 Å². The molecule has 8 heteroatoms. The third-order valence-corrected chi connectivity index (χ3v) is 6.54. The summed E-state index contributed by atoms with van der Waals surface area (Å²) in [5.41, 5.74) is 1.98. The van der Waals surface area contributed by atoms with Crippen molar-refractivity contribution < 1.29 is 22.7 Å². The van der Waals surface area contributed by atoms with E-state index in [1.807, 2.05) is 23.1 Å². The molecule has 0 bridgehead atoms. The average molecular weight is 431 g/mol. The molecular formula is C22H26N2O5S. The summed E-state index contributed by atoms with van der Waals surface area (Å²) in [6.45, 7) is 2.02. The monoisotopic (exact) mass is 430 g/mol. The van der Waals surface area contributed by atoms with Crippen LogP contribution in [0.25, 0.3) is 0 Å². The van der Waals surface area contributed by atoms with E-state index in [2.05, 4.69) is 0 Å². The topological polar surface area (TPSA) is 98.9 Å².